The number of hydrogen-bond acceptors (Lipinski definition) is 3. The topological polar surface area (TPSA) is 38.7 Å². The maximum atomic E-state index is 4.76. The Kier molecular flexibility index (Phi) is 7.01. The van der Waals surface area contributed by atoms with E-state index in [1.807, 2.05) is 57.2 Å². The average Bonchev–Trinajstić information content (AvgIpc) is 2.91. The highest BCUT2D eigenvalue weighted by Gasteiger charge is 2.09. The summed E-state index contributed by atoms with van der Waals surface area (Å²) in [5, 5.41) is 0. The first-order valence-electron chi connectivity index (χ1n) is 11.3. The van der Waals surface area contributed by atoms with E-state index >= 15 is 0 Å². The van der Waals surface area contributed by atoms with Gasteiger partial charge in [-0.05, 0) is 29.2 Å². The third-order valence-corrected chi connectivity index (χ3v) is 5.25. The molecule has 1 aromatic heterocycles. The van der Waals surface area contributed by atoms with Crippen molar-refractivity contribution in [3.8, 4) is 45.0 Å². The zero-order chi connectivity index (χ0) is 23.0. The van der Waals surface area contributed by atoms with Crippen LogP contribution in [0.15, 0.2) is 109 Å². The summed E-state index contributed by atoms with van der Waals surface area (Å²) in [5.41, 5.74) is 6.69. The molecule has 3 heteroatoms. The molecule has 3 nitrogen and oxygen atoms in total. The van der Waals surface area contributed by atoms with Gasteiger partial charge in [0.05, 0.1) is 0 Å². The fraction of sp³-hybridized carbons (Fsp3) is 0.100. The van der Waals surface area contributed by atoms with Gasteiger partial charge in [-0.25, -0.2) is 15.0 Å². The van der Waals surface area contributed by atoms with Crippen molar-refractivity contribution in [2.45, 2.75) is 20.8 Å². The van der Waals surface area contributed by atoms with Crippen LogP contribution in [0.5, 0.6) is 0 Å². The highest BCUT2D eigenvalue weighted by atomic mass is 15.0. The first-order chi connectivity index (χ1) is 16.3. The van der Waals surface area contributed by atoms with E-state index in [0.717, 1.165) is 11.1 Å². The zero-order valence-corrected chi connectivity index (χ0v) is 19.2. The van der Waals surface area contributed by atoms with E-state index < -0.39 is 0 Å². The van der Waals surface area contributed by atoms with Crippen molar-refractivity contribution in [1.29, 1.82) is 0 Å². The van der Waals surface area contributed by atoms with Gasteiger partial charge in [-0.1, -0.05) is 123 Å². The largest absolute Gasteiger partial charge is 0.213 e. The van der Waals surface area contributed by atoms with E-state index in [-0.39, 0.29) is 0 Å². The molecule has 5 rings (SSSR count). The minimum atomic E-state index is 0.689. The summed E-state index contributed by atoms with van der Waals surface area (Å²) >= 11 is 0. The van der Waals surface area contributed by atoms with Crippen LogP contribution in [0.4, 0.5) is 0 Å². The lowest BCUT2D eigenvalue weighted by Crippen LogP contribution is -1.99. The van der Waals surface area contributed by atoms with Gasteiger partial charge >= 0.3 is 0 Å². The summed E-state index contributed by atoms with van der Waals surface area (Å²) in [4.78, 5) is 13.9. The highest BCUT2D eigenvalue weighted by molar-refractivity contribution is 5.70. The molecule has 5 aromatic rings. The monoisotopic (exact) mass is 429 g/mol. The summed E-state index contributed by atoms with van der Waals surface area (Å²) < 4.78 is 0. The average molecular weight is 430 g/mol. The Balaban J connectivity index is 0.00000126. The van der Waals surface area contributed by atoms with Gasteiger partial charge in [0.15, 0.2) is 11.6 Å². The van der Waals surface area contributed by atoms with E-state index in [1.165, 1.54) is 22.3 Å². The van der Waals surface area contributed by atoms with Crippen molar-refractivity contribution < 1.29 is 0 Å². The van der Waals surface area contributed by atoms with Gasteiger partial charge in [-0.3, -0.25) is 0 Å². The predicted octanol–water partition coefficient (Wildman–Crippen LogP) is 7.87. The Morgan fingerprint density at radius 3 is 1.03 bits per heavy atom. The molecule has 33 heavy (non-hydrogen) atoms. The normalized spacial score (nSPS) is 10.3. The second-order valence-corrected chi connectivity index (χ2v) is 7.42. The van der Waals surface area contributed by atoms with E-state index in [2.05, 4.69) is 82.8 Å². The lowest BCUT2D eigenvalue weighted by atomic mass is 10.0. The third kappa shape index (κ3) is 5.21. The molecule has 1 heterocycles. The van der Waals surface area contributed by atoms with Gasteiger partial charge in [0.1, 0.15) is 5.82 Å². The molecule has 0 spiro atoms. The van der Waals surface area contributed by atoms with Crippen LogP contribution < -0.4 is 0 Å². The molecule has 0 fully saturated rings. The molecule has 162 valence electrons. The van der Waals surface area contributed by atoms with Gasteiger partial charge < -0.3 is 0 Å². The predicted molar refractivity (Wildman–Crippen MR) is 138 cm³/mol. The fourth-order valence-electron chi connectivity index (χ4n) is 3.62. The Bertz CT molecular complexity index is 1190. The van der Waals surface area contributed by atoms with Crippen molar-refractivity contribution >= 4 is 0 Å². The van der Waals surface area contributed by atoms with Gasteiger partial charge in [-0.15, -0.1) is 0 Å². The lowest BCUT2D eigenvalue weighted by molar-refractivity contribution is 0.992. The van der Waals surface area contributed by atoms with Gasteiger partial charge in [0.25, 0.3) is 0 Å². The molecule has 0 atom stereocenters. The van der Waals surface area contributed by atoms with Crippen LogP contribution in [0.2, 0.25) is 0 Å². The fourth-order valence-corrected chi connectivity index (χ4v) is 3.62. The zero-order valence-electron chi connectivity index (χ0n) is 19.2. The maximum absolute atomic E-state index is 4.76. The Labute approximate surface area is 195 Å². The second-order valence-electron chi connectivity index (χ2n) is 7.42. The van der Waals surface area contributed by atoms with Crippen molar-refractivity contribution in [2.75, 3.05) is 0 Å². The summed E-state index contributed by atoms with van der Waals surface area (Å²) in [6.45, 7) is 5.91. The third-order valence-electron chi connectivity index (χ3n) is 5.25. The number of benzene rings is 4. The number of rotatable bonds is 4. The Morgan fingerprint density at radius 2 is 0.667 bits per heavy atom. The molecule has 0 saturated carbocycles. The summed E-state index contributed by atoms with van der Waals surface area (Å²) in [6, 6.07) is 37.4. The molecular formula is C30H27N3. The molecule has 0 saturated heterocycles. The molecule has 0 aliphatic heterocycles. The number of nitrogens with zero attached hydrogens (tertiary/aromatic N) is 3. The van der Waals surface area contributed by atoms with Crippen molar-refractivity contribution in [3.63, 3.8) is 0 Å². The Hall–Kier alpha value is -4.11. The summed E-state index contributed by atoms with van der Waals surface area (Å²) in [5.74, 6) is 2.09. The van der Waals surface area contributed by atoms with Crippen LogP contribution in [0, 0.1) is 6.92 Å². The smallest absolute Gasteiger partial charge is 0.163 e. The highest BCUT2D eigenvalue weighted by Crippen LogP contribution is 2.26. The molecule has 0 unspecified atom stereocenters. The SMILES string of the molecule is CC.Cc1nc(-c2ccc(-c3ccccc3)cc2)nc(-c2ccc(-c3ccccc3)cc2)n1. The van der Waals surface area contributed by atoms with Crippen LogP contribution in [-0.4, -0.2) is 15.0 Å². The summed E-state index contributed by atoms with van der Waals surface area (Å²) in [6.07, 6.45) is 0. The minimum Gasteiger partial charge on any atom is -0.213 e. The number of aryl methyl sites for hydroxylation is 1. The maximum Gasteiger partial charge on any atom is 0.163 e. The minimum absolute atomic E-state index is 0.689. The van der Waals surface area contributed by atoms with E-state index in [9.17, 15) is 0 Å². The van der Waals surface area contributed by atoms with E-state index in [1.54, 1.807) is 0 Å². The number of aromatic nitrogens is 3. The van der Waals surface area contributed by atoms with Gasteiger partial charge in [0, 0.05) is 11.1 Å². The van der Waals surface area contributed by atoms with Crippen LogP contribution in [0.1, 0.15) is 19.7 Å². The standard InChI is InChI=1S/C28H21N3.C2H6/c1-20-29-27(25-16-12-23(13-17-25)21-8-4-2-5-9-21)31-28(30-20)26-18-14-24(15-19-26)22-10-6-3-7-11-22;1-2/h2-19H,1H3;1-2H3. The van der Waals surface area contributed by atoms with Gasteiger partial charge in [-0.2, -0.15) is 0 Å². The first kappa shape index (κ1) is 22.1. The molecule has 4 aromatic carbocycles. The van der Waals surface area contributed by atoms with E-state index in [4.69, 9.17) is 4.98 Å². The summed E-state index contributed by atoms with van der Waals surface area (Å²) in [7, 11) is 0. The van der Waals surface area contributed by atoms with Crippen molar-refractivity contribution in [3.05, 3.63) is 115 Å². The van der Waals surface area contributed by atoms with Crippen LogP contribution in [0.3, 0.4) is 0 Å². The Morgan fingerprint density at radius 1 is 0.364 bits per heavy atom. The molecular weight excluding hydrogens is 402 g/mol. The van der Waals surface area contributed by atoms with Crippen LogP contribution in [-0.2, 0) is 0 Å². The van der Waals surface area contributed by atoms with Crippen LogP contribution >= 0.6 is 0 Å². The van der Waals surface area contributed by atoms with Crippen molar-refractivity contribution in [1.82, 2.24) is 15.0 Å². The molecule has 0 aliphatic rings. The number of hydrogen-bond donors (Lipinski definition) is 0. The quantitative estimate of drug-likeness (QED) is 0.292. The van der Waals surface area contributed by atoms with Gasteiger partial charge in [0.2, 0.25) is 0 Å². The molecule has 0 aliphatic carbocycles. The molecule has 0 amide bonds. The van der Waals surface area contributed by atoms with Crippen LogP contribution in [0.25, 0.3) is 45.0 Å². The first-order valence-corrected chi connectivity index (χ1v) is 11.3. The van der Waals surface area contributed by atoms with Crippen molar-refractivity contribution in [2.24, 2.45) is 0 Å². The van der Waals surface area contributed by atoms with E-state index in [0.29, 0.717) is 17.5 Å². The molecule has 0 bridgehead atoms. The lowest BCUT2D eigenvalue weighted by Gasteiger charge is -2.08. The molecule has 0 N–H and O–H groups in total. The second kappa shape index (κ2) is 10.5. The molecule has 0 radical (unpaired) electrons.